The summed E-state index contributed by atoms with van der Waals surface area (Å²) >= 11 is 0. The Morgan fingerprint density at radius 1 is 1.50 bits per heavy atom. The summed E-state index contributed by atoms with van der Waals surface area (Å²) in [5.41, 5.74) is 0. The van der Waals surface area contributed by atoms with Crippen LogP contribution in [0.1, 0.15) is 27.2 Å². The van der Waals surface area contributed by atoms with Crippen molar-refractivity contribution in [2.45, 2.75) is 33.2 Å². The second-order valence-electron chi connectivity index (χ2n) is 4.40. The van der Waals surface area contributed by atoms with Gasteiger partial charge < -0.3 is 4.48 Å². The SMILES string of the molecule is CC[N+]1(C)CC(C)C(=O)CC1C. The van der Waals surface area contributed by atoms with Crippen molar-refractivity contribution in [1.82, 2.24) is 0 Å². The summed E-state index contributed by atoms with van der Waals surface area (Å²) in [5, 5.41) is 0. The number of piperidine rings is 1. The fourth-order valence-corrected chi connectivity index (χ4v) is 2.06. The minimum atomic E-state index is 0.270. The van der Waals surface area contributed by atoms with Crippen LogP contribution in [0, 0.1) is 5.92 Å². The maximum atomic E-state index is 11.4. The van der Waals surface area contributed by atoms with E-state index in [2.05, 4.69) is 27.8 Å². The van der Waals surface area contributed by atoms with Crippen LogP contribution in [0.25, 0.3) is 0 Å². The molecule has 3 unspecified atom stereocenters. The molecule has 70 valence electrons. The molecule has 0 aromatic heterocycles. The van der Waals surface area contributed by atoms with Gasteiger partial charge >= 0.3 is 0 Å². The van der Waals surface area contributed by atoms with Gasteiger partial charge in [0.1, 0.15) is 5.78 Å². The summed E-state index contributed by atoms with van der Waals surface area (Å²) in [4.78, 5) is 11.4. The number of hydrogen-bond donors (Lipinski definition) is 0. The molecule has 1 rings (SSSR count). The van der Waals surface area contributed by atoms with Crippen molar-refractivity contribution in [3.63, 3.8) is 0 Å². The van der Waals surface area contributed by atoms with E-state index in [1.54, 1.807) is 0 Å². The van der Waals surface area contributed by atoms with Crippen LogP contribution in [0.2, 0.25) is 0 Å². The van der Waals surface area contributed by atoms with E-state index in [1.165, 1.54) is 0 Å². The van der Waals surface area contributed by atoms with Gasteiger partial charge in [-0.25, -0.2) is 0 Å². The third-order valence-corrected chi connectivity index (χ3v) is 3.52. The number of nitrogens with zero attached hydrogens (tertiary/aromatic N) is 1. The fourth-order valence-electron chi connectivity index (χ4n) is 2.06. The molecule has 0 saturated carbocycles. The molecule has 0 bridgehead atoms. The molecular formula is C10H20NO+. The van der Waals surface area contributed by atoms with Crippen LogP contribution in [-0.4, -0.2) is 36.4 Å². The molecule has 0 radical (unpaired) electrons. The quantitative estimate of drug-likeness (QED) is 0.544. The smallest absolute Gasteiger partial charge is 0.147 e. The van der Waals surface area contributed by atoms with Gasteiger partial charge in [0.05, 0.1) is 38.5 Å². The molecule has 2 heteroatoms. The number of hydrogen-bond acceptors (Lipinski definition) is 1. The number of rotatable bonds is 1. The van der Waals surface area contributed by atoms with Crippen molar-refractivity contribution < 1.29 is 9.28 Å². The minimum Gasteiger partial charge on any atom is -0.323 e. The Balaban J connectivity index is 2.74. The van der Waals surface area contributed by atoms with E-state index in [4.69, 9.17) is 0 Å². The maximum Gasteiger partial charge on any atom is 0.147 e. The van der Waals surface area contributed by atoms with Crippen molar-refractivity contribution >= 4 is 5.78 Å². The van der Waals surface area contributed by atoms with Crippen LogP contribution >= 0.6 is 0 Å². The fraction of sp³-hybridized carbons (Fsp3) is 0.900. The number of likely N-dealkylation sites (tertiary alicyclic amines) is 1. The molecule has 0 aromatic carbocycles. The summed E-state index contributed by atoms with van der Waals surface area (Å²) in [7, 11) is 2.26. The topological polar surface area (TPSA) is 17.1 Å². The summed E-state index contributed by atoms with van der Waals surface area (Å²) in [6.07, 6.45) is 0.769. The predicted molar refractivity (Wildman–Crippen MR) is 49.8 cm³/mol. The van der Waals surface area contributed by atoms with Gasteiger partial charge in [0.15, 0.2) is 0 Å². The molecule has 0 aromatic rings. The van der Waals surface area contributed by atoms with Gasteiger partial charge in [0.2, 0.25) is 0 Å². The minimum absolute atomic E-state index is 0.270. The zero-order chi connectivity index (χ0) is 9.35. The average molecular weight is 170 g/mol. The van der Waals surface area contributed by atoms with Crippen molar-refractivity contribution in [3.8, 4) is 0 Å². The monoisotopic (exact) mass is 170 g/mol. The van der Waals surface area contributed by atoms with Gasteiger partial charge in [-0.1, -0.05) is 6.92 Å². The van der Waals surface area contributed by atoms with Crippen molar-refractivity contribution in [2.75, 3.05) is 20.1 Å². The van der Waals surface area contributed by atoms with Crippen LogP contribution < -0.4 is 0 Å². The van der Waals surface area contributed by atoms with E-state index in [9.17, 15) is 4.79 Å². The normalized spacial score (nSPS) is 43.2. The molecule has 0 aliphatic carbocycles. The van der Waals surface area contributed by atoms with Crippen molar-refractivity contribution in [2.24, 2.45) is 5.92 Å². The number of carbonyl (C=O) groups excluding carboxylic acids is 1. The Kier molecular flexibility index (Phi) is 2.57. The molecule has 3 atom stereocenters. The lowest BCUT2D eigenvalue weighted by Crippen LogP contribution is -2.58. The zero-order valence-electron chi connectivity index (χ0n) is 8.63. The molecule has 1 heterocycles. The summed E-state index contributed by atoms with van der Waals surface area (Å²) in [5.74, 6) is 0.720. The van der Waals surface area contributed by atoms with E-state index in [0.29, 0.717) is 11.8 Å². The average Bonchev–Trinajstić information content (AvgIpc) is 2.01. The highest BCUT2D eigenvalue weighted by atomic mass is 16.1. The number of ketones is 1. The molecule has 2 nitrogen and oxygen atoms in total. The lowest BCUT2D eigenvalue weighted by atomic mass is 9.91. The second-order valence-corrected chi connectivity index (χ2v) is 4.40. The lowest BCUT2D eigenvalue weighted by molar-refractivity contribution is -0.934. The molecule has 0 spiro atoms. The highest BCUT2D eigenvalue weighted by Gasteiger charge is 2.38. The molecule has 1 fully saturated rings. The summed E-state index contributed by atoms with van der Waals surface area (Å²) < 4.78 is 1.06. The molecule has 1 saturated heterocycles. The van der Waals surface area contributed by atoms with Crippen molar-refractivity contribution in [3.05, 3.63) is 0 Å². The molecule has 0 N–H and O–H groups in total. The Morgan fingerprint density at radius 3 is 2.58 bits per heavy atom. The van der Waals surface area contributed by atoms with Gasteiger partial charge in [-0.2, -0.15) is 0 Å². The first-order valence-electron chi connectivity index (χ1n) is 4.86. The van der Waals surface area contributed by atoms with Gasteiger partial charge in [-0.15, -0.1) is 0 Å². The molecule has 1 aliphatic heterocycles. The maximum absolute atomic E-state index is 11.4. The standard InChI is InChI=1S/C10H20NO/c1-5-11(4)7-8(2)10(12)6-9(11)3/h8-9H,5-7H2,1-4H3/q+1. The van der Waals surface area contributed by atoms with Crippen LogP contribution in [0.5, 0.6) is 0 Å². The van der Waals surface area contributed by atoms with Crippen LogP contribution in [0.15, 0.2) is 0 Å². The third kappa shape index (κ3) is 1.53. The van der Waals surface area contributed by atoms with Gasteiger partial charge in [-0.3, -0.25) is 4.79 Å². The van der Waals surface area contributed by atoms with E-state index >= 15 is 0 Å². The first-order valence-corrected chi connectivity index (χ1v) is 4.86. The van der Waals surface area contributed by atoms with Gasteiger partial charge in [0, 0.05) is 0 Å². The summed E-state index contributed by atoms with van der Waals surface area (Å²) in [6, 6.07) is 0.513. The molecule has 12 heavy (non-hydrogen) atoms. The Hall–Kier alpha value is -0.370. The highest BCUT2D eigenvalue weighted by Crippen LogP contribution is 2.24. The second kappa shape index (κ2) is 3.17. The Bertz CT molecular complexity index is 190. The number of Topliss-reactive ketones (excluding diaryl/α,β-unsaturated/α-hetero) is 1. The van der Waals surface area contributed by atoms with Gasteiger partial charge in [0.25, 0.3) is 0 Å². The Labute approximate surface area is 75.1 Å². The molecule has 0 amide bonds. The first kappa shape index (κ1) is 9.72. The highest BCUT2D eigenvalue weighted by molar-refractivity contribution is 5.81. The summed E-state index contributed by atoms with van der Waals surface area (Å²) in [6.45, 7) is 8.61. The van der Waals surface area contributed by atoms with E-state index in [-0.39, 0.29) is 5.92 Å². The van der Waals surface area contributed by atoms with Crippen molar-refractivity contribution in [1.29, 1.82) is 0 Å². The number of quaternary nitrogens is 1. The van der Waals surface area contributed by atoms with Crippen LogP contribution in [0.3, 0.4) is 0 Å². The van der Waals surface area contributed by atoms with Crippen LogP contribution in [0.4, 0.5) is 0 Å². The predicted octanol–water partition coefficient (Wildman–Crippen LogP) is 1.45. The number of carbonyl (C=O) groups is 1. The van der Waals surface area contributed by atoms with E-state index in [1.807, 2.05) is 0 Å². The molecule has 1 aliphatic rings. The van der Waals surface area contributed by atoms with Gasteiger partial charge in [-0.05, 0) is 13.8 Å². The van der Waals surface area contributed by atoms with E-state index in [0.717, 1.165) is 24.0 Å². The zero-order valence-corrected chi connectivity index (χ0v) is 8.63. The largest absolute Gasteiger partial charge is 0.323 e. The van der Waals surface area contributed by atoms with E-state index < -0.39 is 0 Å². The Morgan fingerprint density at radius 2 is 2.08 bits per heavy atom. The van der Waals surface area contributed by atoms with Crippen LogP contribution in [-0.2, 0) is 4.79 Å². The molecular weight excluding hydrogens is 150 g/mol. The third-order valence-electron chi connectivity index (χ3n) is 3.52. The first-order chi connectivity index (χ1) is 5.49. The lowest BCUT2D eigenvalue weighted by Gasteiger charge is -2.44.